The van der Waals surface area contributed by atoms with Crippen LogP contribution in [-0.2, 0) is 14.8 Å². The van der Waals surface area contributed by atoms with E-state index in [4.69, 9.17) is 4.42 Å². The molecule has 0 radical (unpaired) electrons. The first-order chi connectivity index (χ1) is 12.9. The van der Waals surface area contributed by atoms with Crippen LogP contribution in [0.15, 0.2) is 56.6 Å². The third kappa shape index (κ3) is 2.94. The number of fused-ring (bicyclic) bond motifs is 1. The highest BCUT2D eigenvalue weighted by molar-refractivity contribution is 7.89. The van der Waals surface area contributed by atoms with Crippen molar-refractivity contribution in [2.75, 3.05) is 13.1 Å². The average Bonchev–Trinajstić information content (AvgIpc) is 3.01. The highest BCUT2D eigenvalue weighted by Gasteiger charge is 2.40. The zero-order chi connectivity index (χ0) is 19.2. The van der Waals surface area contributed by atoms with Gasteiger partial charge < -0.3 is 9.73 Å². The number of amides is 1. The van der Waals surface area contributed by atoms with Crippen LogP contribution in [0.25, 0.3) is 11.1 Å². The first-order valence-electron chi connectivity index (χ1n) is 8.36. The van der Waals surface area contributed by atoms with Crippen molar-refractivity contribution in [2.24, 2.45) is 0 Å². The average molecular weight is 387 g/mol. The van der Waals surface area contributed by atoms with Gasteiger partial charge in [-0.1, -0.05) is 24.3 Å². The number of oxazole rings is 1. The lowest BCUT2D eigenvalue weighted by molar-refractivity contribution is -0.126. The predicted octanol–water partition coefficient (Wildman–Crippen LogP) is 1.29. The van der Waals surface area contributed by atoms with Gasteiger partial charge in [-0.05, 0) is 30.2 Å². The maximum atomic E-state index is 13.3. The van der Waals surface area contributed by atoms with Crippen LogP contribution in [0, 0.1) is 6.92 Å². The molecule has 0 aliphatic carbocycles. The Kier molecular flexibility index (Phi) is 4.12. The lowest BCUT2D eigenvalue weighted by Crippen LogP contribution is -2.52. The van der Waals surface area contributed by atoms with Gasteiger partial charge in [0.1, 0.15) is 6.04 Å². The molecule has 0 saturated carbocycles. The highest BCUT2D eigenvalue weighted by Crippen LogP contribution is 2.32. The number of H-pyrrole nitrogens is 1. The number of benzene rings is 2. The number of hydrogen-bond donors (Lipinski definition) is 2. The van der Waals surface area contributed by atoms with Gasteiger partial charge in [-0.3, -0.25) is 9.78 Å². The Bertz CT molecular complexity index is 1190. The summed E-state index contributed by atoms with van der Waals surface area (Å²) in [5, 5.41) is 2.73. The van der Waals surface area contributed by atoms with E-state index in [1.807, 2.05) is 19.1 Å². The SMILES string of the molecule is Cc1ccccc1C1C(=O)NCCN1S(=O)(=O)c1ccc2[nH]c(=O)oc2c1. The number of nitrogens with one attached hydrogen (secondary N) is 2. The number of nitrogens with zero attached hydrogens (tertiary/aromatic N) is 1. The van der Waals surface area contributed by atoms with Crippen molar-refractivity contribution in [3.8, 4) is 0 Å². The van der Waals surface area contributed by atoms with Crippen LogP contribution in [0.3, 0.4) is 0 Å². The Morgan fingerprint density at radius 1 is 1.15 bits per heavy atom. The number of sulfonamides is 1. The van der Waals surface area contributed by atoms with Crippen LogP contribution in [-0.4, -0.2) is 36.7 Å². The number of hydrogen-bond acceptors (Lipinski definition) is 5. The predicted molar refractivity (Wildman–Crippen MR) is 97.7 cm³/mol. The van der Waals surface area contributed by atoms with Gasteiger partial charge in [0.05, 0.1) is 10.4 Å². The molecule has 140 valence electrons. The molecule has 4 rings (SSSR count). The van der Waals surface area contributed by atoms with Crippen LogP contribution in [0.2, 0.25) is 0 Å². The molecule has 2 heterocycles. The fraction of sp³-hybridized carbons (Fsp3) is 0.222. The molecule has 1 fully saturated rings. The lowest BCUT2D eigenvalue weighted by atomic mass is 9.99. The van der Waals surface area contributed by atoms with E-state index in [-0.39, 0.29) is 29.5 Å². The maximum absolute atomic E-state index is 13.3. The highest BCUT2D eigenvalue weighted by atomic mass is 32.2. The molecule has 1 aliphatic heterocycles. The van der Waals surface area contributed by atoms with Crippen molar-refractivity contribution in [3.63, 3.8) is 0 Å². The van der Waals surface area contributed by atoms with Gasteiger partial charge in [-0.25, -0.2) is 13.2 Å². The number of rotatable bonds is 3. The van der Waals surface area contributed by atoms with Crippen molar-refractivity contribution in [1.82, 2.24) is 14.6 Å². The molecule has 2 N–H and O–H groups in total. The minimum atomic E-state index is -3.99. The van der Waals surface area contributed by atoms with Crippen LogP contribution >= 0.6 is 0 Å². The van der Waals surface area contributed by atoms with Crippen molar-refractivity contribution in [3.05, 3.63) is 64.1 Å². The molecule has 1 amide bonds. The summed E-state index contributed by atoms with van der Waals surface area (Å²) < 4.78 is 32.8. The smallest absolute Gasteiger partial charge is 0.408 e. The van der Waals surface area contributed by atoms with E-state index >= 15 is 0 Å². The summed E-state index contributed by atoms with van der Waals surface area (Å²) in [6.45, 7) is 2.20. The van der Waals surface area contributed by atoms with E-state index in [0.717, 1.165) is 5.56 Å². The van der Waals surface area contributed by atoms with Gasteiger partial charge in [0, 0.05) is 19.2 Å². The second-order valence-electron chi connectivity index (χ2n) is 6.34. The van der Waals surface area contributed by atoms with E-state index in [2.05, 4.69) is 10.3 Å². The third-order valence-electron chi connectivity index (χ3n) is 4.65. The van der Waals surface area contributed by atoms with Crippen molar-refractivity contribution < 1.29 is 17.6 Å². The molecule has 3 aromatic rings. The van der Waals surface area contributed by atoms with Crippen LogP contribution < -0.4 is 11.1 Å². The number of carbonyl (C=O) groups is 1. The summed E-state index contributed by atoms with van der Waals surface area (Å²) in [4.78, 5) is 26.3. The summed E-state index contributed by atoms with van der Waals surface area (Å²) in [5.74, 6) is -1.02. The molecule has 9 heteroatoms. The van der Waals surface area contributed by atoms with Gasteiger partial charge in [0.25, 0.3) is 0 Å². The number of aryl methyl sites for hydroxylation is 1. The molecule has 1 aromatic heterocycles. The minimum absolute atomic E-state index is 0.0361. The molecule has 1 atom stereocenters. The second kappa shape index (κ2) is 6.36. The molecular weight excluding hydrogens is 370 g/mol. The third-order valence-corrected chi connectivity index (χ3v) is 6.51. The Balaban J connectivity index is 1.83. The second-order valence-corrected chi connectivity index (χ2v) is 8.23. The van der Waals surface area contributed by atoms with E-state index in [0.29, 0.717) is 11.1 Å². The Hall–Kier alpha value is -2.91. The Morgan fingerprint density at radius 2 is 1.93 bits per heavy atom. The molecule has 8 nitrogen and oxygen atoms in total. The molecular formula is C18H17N3O5S. The van der Waals surface area contributed by atoms with Gasteiger partial charge >= 0.3 is 5.76 Å². The number of aromatic amines is 1. The van der Waals surface area contributed by atoms with Crippen LogP contribution in [0.1, 0.15) is 17.2 Å². The molecule has 2 aromatic carbocycles. The molecule has 1 saturated heterocycles. The zero-order valence-electron chi connectivity index (χ0n) is 14.4. The molecule has 1 unspecified atom stereocenters. The first kappa shape index (κ1) is 17.5. The van der Waals surface area contributed by atoms with Crippen molar-refractivity contribution in [1.29, 1.82) is 0 Å². The largest absolute Gasteiger partial charge is 0.417 e. The zero-order valence-corrected chi connectivity index (χ0v) is 15.2. The quantitative estimate of drug-likeness (QED) is 0.703. The summed E-state index contributed by atoms with van der Waals surface area (Å²) in [6, 6.07) is 10.4. The fourth-order valence-corrected chi connectivity index (χ4v) is 4.90. The van der Waals surface area contributed by atoms with E-state index in [9.17, 15) is 18.0 Å². The number of piperazine rings is 1. The minimum Gasteiger partial charge on any atom is -0.408 e. The summed E-state index contributed by atoms with van der Waals surface area (Å²) in [7, 11) is -3.99. The van der Waals surface area contributed by atoms with Gasteiger partial charge in [0.15, 0.2) is 5.58 Å². The molecule has 27 heavy (non-hydrogen) atoms. The van der Waals surface area contributed by atoms with Crippen LogP contribution in [0.4, 0.5) is 0 Å². The van der Waals surface area contributed by atoms with Crippen molar-refractivity contribution in [2.45, 2.75) is 17.9 Å². The van der Waals surface area contributed by atoms with Gasteiger partial charge in [-0.15, -0.1) is 0 Å². The fourth-order valence-electron chi connectivity index (χ4n) is 3.32. The Labute approximate surface area is 154 Å². The van der Waals surface area contributed by atoms with Gasteiger partial charge in [0.2, 0.25) is 15.9 Å². The lowest BCUT2D eigenvalue weighted by Gasteiger charge is -2.34. The van der Waals surface area contributed by atoms with Gasteiger partial charge in [-0.2, -0.15) is 4.31 Å². The normalized spacial score (nSPS) is 18.6. The maximum Gasteiger partial charge on any atom is 0.417 e. The topological polar surface area (TPSA) is 112 Å². The number of carbonyl (C=O) groups excluding carboxylic acids is 1. The van der Waals surface area contributed by atoms with E-state index in [1.165, 1.54) is 22.5 Å². The molecule has 0 spiro atoms. The van der Waals surface area contributed by atoms with Crippen LogP contribution in [0.5, 0.6) is 0 Å². The monoisotopic (exact) mass is 387 g/mol. The van der Waals surface area contributed by atoms with E-state index in [1.54, 1.807) is 12.1 Å². The summed E-state index contributed by atoms with van der Waals surface area (Å²) in [6.07, 6.45) is 0. The molecule has 0 bridgehead atoms. The number of aromatic nitrogens is 1. The summed E-state index contributed by atoms with van der Waals surface area (Å²) in [5.41, 5.74) is 2.01. The summed E-state index contributed by atoms with van der Waals surface area (Å²) >= 11 is 0. The standard InChI is InChI=1S/C18H17N3O5S/c1-11-4-2-3-5-13(11)16-17(22)19-8-9-21(16)27(24,25)12-6-7-14-15(10-12)26-18(23)20-14/h2-7,10,16H,8-9H2,1H3,(H,19,22)(H,20,23). The van der Waals surface area contributed by atoms with Crippen molar-refractivity contribution >= 4 is 27.0 Å². The van der Waals surface area contributed by atoms with E-state index < -0.39 is 21.8 Å². The first-order valence-corrected chi connectivity index (χ1v) is 9.80. The molecule has 1 aliphatic rings. The Morgan fingerprint density at radius 3 is 2.70 bits per heavy atom.